The van der Waals surface area contributed by atoms with E-state index in [1.54, 1.807) is 79.6 Å². The predicted octanol–water partition coefficient (Wildman–Crippen LogP) is 4.53. The number of likely N-dealkylation sites (tertiary alicyclic amines) is 1. The number of anilines is 2. The summed E-state index contributed by atoms with van der Waals surface area (Å²) in [4.78, 5) is 69.1. The van der Waals surface area contributed by atoms with Crippen molar-refractivity contribution in [3.63, 3.8) is 0 Å². The summed E-state index contributed by atoms with van der Waals surface area (Å²) in [6.07, 6.45) is 4.85. The molecule has 376 valence electrons. The van der Waals surface area contributed by atoms with Crippen molar-refractivity contribution in [2.75, 3.05) is 58.0 Å². The maximum Gasteiger partial charge on any atom is 0.252 e. The van der Waals surface area contributed by atoms with Crippen LogP contribution < -0.4 is 26.2 Å². The van der Waals surface area contributed by atoms with Crippen molar-refractivity contribution >= 4 is 61.8 Å². The van der Waals surface area contributed by atoms with E-state index in [0.29, 0.717) is 22.8 Å². The molecule has 2 aromatic carbocycles. The molecule has 1 saturated carbocycles. The fourth-order valence-corrected chi connectivity index (χ4v) is 10.5. The Morgan fingerprint density at radius 2 is 1.64 bits per heavy atom. The van der Waals surface area contributed by atoms with Gasteiger partial charge in [0.05, 0.1) is 60.1 Å². The van der Waals surface area contributed by atoms with Gasteiger partial charge in [-0.2, -0.15) is 4.98 Å². The molecule has 2 fully saturated rings. The summed E-state index contributed by atoms with van der Waals surface area (Å²) in [5.41, 5.74) is 5.69. The number of amides is 3. The van der Waals surface area contributed by atoms with Crippen LogP contribution in [0.2, 0.25) is 0 Å². The highest BCUT2D eigenvalue weighted by Crippen LogP contribution is 2.32. The van der Waals surface area contributed by atoms with Crippen molar-refractivity contribution in [1.29, 1.82) is 0 Å². The minimum absolute atomic E-state index is 0.0293. The van der Waals surface area contributed by atoms with Crippen LogP contribution in [0, 0.1) is 19.3 Å². The molecule has 19 nitrogen and oxygen atoms in total. The lowest BCUT2D eigenvalue weighted by atomic mass is 9.85. The molecule has 5 N–H and O–H groups in total. The third kappa shape index (κ3) is 13.4. The Morgan fingerprint density at radius 3 is 2.33 bits per heavy atom. The summed E-state index contributed by atoms with van der Waals surface area (Å²) in [7, 11) is -3.84. The topological polar surface area (TPSA) is 245 Å². The van der Waals surface area contributed by atoms with Gasteiger partial charge in [0.2, 0.25) is 33.7 Å². The fraction of sp³-hybridized carbons (Fsp3) is 0.490. The number of ether oxygens (including phenoxy) is 3. The van der Waals surface area contributed by atoms with Gasteiger partial charge in [-0.25, -0.2) is 23.1 Å². The van der Waals surface area contributed by atoms with Gasteiger partial charge in [-0.05, 0) is 73.1 Å². The molecule has 1 saturated heterocycles. The average molecular weight is 1000 g/mol. The van der Waals surface area contributed by atoms with Gasteiger partial charge in [-0.1, -0.05) is 57.9 Å². The Hall–Kier alpha value is -5.68. The summed E-state index contributed by atoms with van der Waals surface area (Å²) in [5, 5.41) is 20.2. The number of thiazole rings is 1. The SMILES string of the molecule is Cc1cc(S(=O)(=O)NCCOCCOCCOCC(=O)NC(C(=O)N2C[C@H](O)C[C@H]2C(=O)NCc2ccc(-c3scnc3C)cc2)C(C)(C)C)ccc1Nc1ncc2ccc(=O)n(C3CCCC3)c2n1. The molecule has 1 aliphatic heterocycles. The second-order valence-corrected chi connectivity index (χ2v) is 21.3. The van der Waals surface area contributed by atoms with Crippen LogP contribution in [0.15, 0.2) is 76.0 Å². The van der Waals surface area contributed by atoms with E-state index in [1.807, 2.05) is 31.2 Å². The van der Waals surface area contributed by atoms with Crippen molar-refractivity contribution in [3.8, 4) is 10.4 Å². The first kappa shape index (κ1) is 52.2. The summed E-state index contributed by atoms with van der Waals surface area (Å²) in [5.74, 6) is -1.09. The number of sulfonamides is 1. The molecule has 1 aliphatic carbocycles. The van der Waals surface area contributed by atoms with Crippen LogP contribution in [-0.2, 0) is 45.2 Å². The van der Waals surface area contributed by atoms with Crippen LogP contribution >= 0.6 is 11.3 Å². The maximum absolute atomic E-state index is 13.9. The predicted molar refractivity (Wildman–Crippen MR) is 265 cm³/mol. The van der Waals surface area contributed by atoms with Crippen LogP contribution in [0.5, 0.6) is 0 Å². The Bertz CT molecular complexity index is 2790. The highest BCUT2D eigenvalue weighted by molar-refractivity contribution is 7.89. The Morgan fingerprint density at radius 1 is 0.929 bits per heavy atom. The zero-order chi connectivity index (χ0) is 50.0. The number of pyridine rings is 1. The molecule has 21 heteroatoms. The monoisotopic (exact) mass is 1000 g/mol. The molecule has 70 heavy (non-hydrogen) atoms. The van der Waals surface area contributed by atoms with Crippen molar-refractivity contribution in [3.05, 3.63) is 93.5 Å². The number of benzene rings is 2. The number of carbonyl (C=O) groups excluding carboxylic acids is 3. The molecule has 0 radical (unpaired) electrons. The second kappa shape index (κ2) is 23.5. The van der Waals surface area contributed by atoms with Gasteiger partial charge in [-0.15, -0.1) is 11.3 Å². The minimum Gasteiger partial charge on any atom is -0.391 e. The normalized spacial score (nSPS) is 17.0. The first-order valence-corrected chi connectivity index (χ1v) is 25.9. The van der Waals surface area contributed by atoms with Crippen molar-refractivity contribution < 1.29 is 42.1 Å². The molecule has 4 heterocycles. The van der Waals surface area contributed by atoms with Gasteiger partial charge in [0.1, 0.15) is 24.3 Å². The summed E-state index contributed by atoms with van der Waals surface area (Å²) >= 11 is 1.56. The first-order valence-electron chi connectivity index (χ1n) is 23.5. The Kier molecular flexibility index (Phi) is 17.5. The lowest BCUT2D eigenvalue weighted by Gasteiger charge is -2.35. The molecule has 2 aliphatic rings. The molecule has 3 amide bonds. The maximum atomic E-state index is 13.9. The molecular formula is C49H63N9O10S2. The number of hydrogen-bond donors (Lipinski definition) is 5. The molecule has 0 spiro atoms. The van der Waals surface area contributed by atoms with Gasteiger partial charge in [0.25, 0.3) is 5.56 Å². The van der Waals surface area contributed by atoms with E-state index in [0.717, 1.165) is 52.8 Å². The lowest BCUT2D eigenvalue weighted by Crippen LogP contribution is -2.58. The van der Waals surface area contributed by atoms with Crippen LogP contribution in [0.25, 0.3) is 21.5 Å². The van der Waals surface area contributed by atoms with Gasteiger partial charge < -0.3 is 40.2 Å². The Labute approximate surface area is 411 Å². The van der Waals surface area contributed by atoms with E-state index in [4.69, 9.17) is 14.2 Å². The van der Waals surface area contributed by atoms with Crippen LogP contribution in [0.3, 0.4) is 0 Å². The number of carbonyl (C=O) groups is 3. The molecule has 7 rings (SSSR count). The number of aryl methyl sites for hydroxylation is 2. The number of hydrogen-bond acceptors (Lipinski definition) is 15. The summed E-state index contributed by atoms with van der Waals surface area (Å²) in [6, 6.07) is 14.0. The number of aliphatic hydroxyl groups excluding tert-OH is 1. The largest absolute Gasteiger partial charge is 0.391 e. The van der Waals surface area contributed by atoms with Crippen LogP contribution in [-0.4, -0.2) is 127 Å². The van der Waals surface area contributed by atoms with E-state index < -0.39 is 51.3 Å². The van der Waals surface area contributed by atoms with Crippen molar-refractivity contribution in [2.24, 2.45) is 5.41 Å². The number of nitrogens with zero attached hydrogens (tertiary/aromatic N) is 5. The van der Waals surface area contributed by atoms with E-state index in [-0.39, 0.29) is 82.2 Å². The summed E-state index contributed by atoms with van der Waals surface area (Å²) in [6.45, 7) is 9.77. The molecule has 3 aromatic heterocycles. The zero-order valence-corrected chi connectivity index (χ0v) is 41.9. The fourth-order valence-electron chi connectivity index (χ4n) is 8.60. The third-order valence-corrected chi connectivity index (χ3v) is 14.8. The van der Waals surface area contributed by atoms with Crippen LogP contribution in [0.1, 0.15) is 75.7 Å². The summed E-state index contributed by atoms with van der Waals surface area (Å²) < 4.78 is 47.0. The van der Waals surface area contributed by atoms with Crippen molar-refractivity contribution in [1.82, 2.24) is 39.8 Å². The third-order valence-electron chi connectivity index (χ3n) is 12.3. The van der Waals surface area contributed by atoms with Gasteiger partial charge in [0, 0.05) is 55.4 Å². The standard InChI is InChI=1S/C49H63N9O10S2/c1-31-24-38(15-16-39(31)54-48-51-27-35-14-17-42(61)58(45(35)56-48)36-8-6-7-9-36)70(64,65)53-18-19-66-20-21-67-22-23-68-29-41(60)55-44(49(3,4)5)47(63)57-28-37(59)25-40(57)46(62)50-26-33-10-12-34(13-11-33)43-32(2)52-30-69-43/h10-17,24,27,30,36-37,40,44,53,59H,6-9,18-23,25-26,28-29H2,1-5H3,(H,50,62)(H,55,60)(H,51,54,56)/t37-,40+,44?/m1/s1. The van der Waals surface area contributed by atoms with E-state index in [1.165, 1.54) is 11.0 Å². The number of aromatic nitrogens is 4. The van der Waals surface area contributed by atoms with Gasteiger partial charge in [0.15, 0.2) is 0 Å². The van der Waals surface area contributed by atoms with Crippen molar-refractivity contribution in [2.45, 2.75) is 102 Å². The highest BCUT2D eigenvalue weighted by Gasteiger charge is 2.44. The molecule has 3 atom stereocenters. The number of β-amino-alcohol motifs (C(OH)–C–C–N with tert-alkyl or cyclic N) is 1. The lowest BCUT2D eigenvalue weighted by molar-refractivity contribution is -0.144. The van der Waals surface area contributed by atoms with Crippen LogP contribution in [0.4, 0.5) is 11.6 Å². The van der Waals surface area contributed by atoms with E-state index in [2.05, 4.69) is 35.6 Å². The van der Waals surface area contributed by atoms with Gasteiger partial charge in [-0.3, -0.25) is 23.7 Å². The highest BCUT2D eigenvalue weighted by atomic mass is 32.2. The van der Waals surface area contributed by atoms with Gasteiger partial charge >= 0.3 is 0 Å². The Balaban J connectivity index is 0.776. The zero-order valence-electron chi connectivity index (χ0n) is 40.2. The molecule has 0 bridgehead atoms. The molecular weight excluding hydrogens is 939 g/mol. The number of fused-ring (bicyclic) bond motifs is 1. The smallest absolute Gasteiger partial charge is 0.252 e. The van der Waals surface area contributed by atoms with E-state index in [9.17, 15) is 32.7 Å². The molecule has 5 aromatic rings. The quantitative estimate of drug-likeness (QED) is 0.0599. The first-order chi connectivity index (χ1) is 33.5. The molecule has 1 unspecified atom stereocenters. The minimum atomic E-state index is -3.84. The average Bonchev–Trinajstić information content (AvgIpc) is 4.11. The number of nitrogens with one attached hydrogen (secondary N) is 4. The number of aliphatic hydroxyl groups is 1. The second-order valence-electron chi connectivity index (χ2n) is 18.7. The number of rotatable bonds is 22. The van der Waals surface area contributed by atoms with E-state index >= 15 is 0 Å².